The molecule has 1 N–H and O–H groups in total. The molecule has 96 valence electrons. The lowest BCUT2D eigenvalue weighted by molar-refractivity contribution is 0.115. The van der Waals surface area contributed by atoms with Gasteiger partial charge in [0, 0.05) is 19.1 Å². The second kappa shape index (κ2) is 6.72. The Kier molecular flexibility index (Phi) is 5.59. The summed E-state index contributed by atoms with van der Waals surface area (Å²) in [6, 6.07) is 5.28. The van der Waals surface area contributed by atoms with Crippen molar-refractivity contribution in [3.8, 4) is 11.5 Å². The lowest BCUT2D eigenvalue weighted by Gasteiger charge is -2.22. The fourth-order valence-electron chi connectivity index (χ4n) is 1.52. The number of halogens is 1. The van der Waals surface area contributed by atoms with E-state index >= 15 is 0 Å². The molecule has 0 aliphatic heterocycles. The second-order valence-electron chi connectivity index (χ2n) is 4.21. The SMILES string of the molecule is COc1ccc(Cl)c(OC(CCO)C(C)C)c1. The van der Waals surface area contributed by atoms with Gasteiger partial charge in [0.1, 0.15) is 17.6 Å². The molecule has 1 unspecified atom stereocenters. The van der Waals surface area contributed by atoms with Gasteiger partial charge in [0.15, 0.2) is 0 Å². The summed E-state index contributed by atoms with van der Waals surface area (Å²) in [6.07, 6.45) is 0.537. The van der Waals surface area contributed by atoms with E-state index in [4.69, 9.17) is 26.2 Å². The van der Waals surface area contributed by atoms with Crippen LogP contribution in [0.2, 0.25) is 5.02 Å². The zero-order valence-electron chi connectivity index (χ0n) is 10.4. The number of aliphatic hydroxyl groups excluding tert-OH is 1. The number of methoxy groups -OCH3 is 1. The van der Waals surface area contributed by atoms with Crippen LogP contribution in [0.15, 0.2) is 18.2 Å². The topological polar surface area (TPSA) is 38.7 Å². The minimum atomic E-state index is -0.0513. The maximum absolute atomic E-state index is 9.00. The molecular weight excluding hydrogens is 240 g/mol. The van der Waals surface area contributed by atoms with Gasteiger partial charge in [0.2, 0.25) is 0 Å². The first-order valence-electron chi connectivity index (χ1n) is 5.69. The Morgan fingerprint density at radius 2 is 2.06 bits per heavy atom. The van der Waals surface area contributed by atoms with Gasteiger partial charge in [-0.1, -0.05) is 25.4 Å². The van der Waals surface area contributed by atoms with Gasteiger partial charge in [-0.15, -0.1) is 0 Å². The van der Waals surface area contributed by atoms with Gasteiger partial charge in [0.05, 0.1) is 12.1 Å². The molecule has 0 aromatic heterocycles. The lowest BCUT2D eigenvalue weighted by Crippen LogP contribution is -2.24. The molecule has 1 aromatic rings. The highest BCUT2D eigenvalue weighted by Gasteiger charge is 2.16. The molecule has 0 amide bonds. The molecule has 3 nitrogen and oxygen atoms in total. The van der Waals surface area contributed by atoms with Crippen LogP contribution >= 0.6 is 11.6 Å². The van der Waals surface area contributed by atoms with E-state index in [2.05, 4.69) is 13.8 Å². The zero-order chi connectivity index (χ0) is 12.8. The monoisotopic (exact) mass is 258 g/mol. The molecule has 1 atom stereocenters. The smallest absolute Gasteiger partial charge is 0.142 e. The first-order chi connectivity index (χ1) is 8.08. The van der Waals surface area contributed by atoms with E-state index in [1.165, 1.54) is 0 Å². The fourth-order valence-corrected chi connectivity index (χ4v) is 1.68. The second-order valence-corrected chi connectivity index (χ2v) is 4.62. The molecule has 0 aliphatic carbocycles. The third-order valence-electron chi connectivity index (χ3n) is 2.57. The number of benzene rings is 1. The molecule has 0 saturated heterocycles. The van der Waals surface area contributed by atoms with Crippen LogP contribution in [-0.4, -0.2) is 24.9 Å². The van der Waals surface area contributed by atoms with E-state index < -0.39 is 0 Å². The molecule has 0 aliphatic rings. The van der Waals surface area contributed by atoms with Crippen LogP contribution in [0, 0.1) is 5.92 Å². The van der Waals surface area contributed by atoms with Crippen LogP contribution in [0.25, 0.3) is 0 Å². The quantitative estimate of drug-likeness (QED) is 0.852. The Morgan fingerprint density at radius 1 is 1.35 bits per heavy atom. The molecule has 0 fully saturated rings. The molecule has 0 radical (unpaired) electrons. The number of rotatable bonds is 6. The van der Waals surface area contributed by atoms with E-state index in [0.717, 1.165) is 0 Å². The van der Waals surface area contributed by atoms with E-state index in [0.29, 0.717) is 28.9 Å². The van der Waals surface area contributed by atoms with E-state index in [1.54, 1.807) is 25.3 Å². The average molecular weight is 259 g/mol. The summed E-state index contributed by atoms with van der Waals surface area (Å²) in [7, 11) is 1.60. The molecule has 1 rings (SSSR count). The zero-order valence-corrected chi connectivity index (χ0v) is 11.2. The van der Waals surface area contributed by atoms with Crippen LogP contribution in [0.1, 0.15) is 20.3 Å². The first kappa shape index (κ1) is 14.1. The van der Waals surface area contributed by atoms with Gasteiger partial charge in [-0.25, -0.2) is 0 Å². The number of hydrogen-bond acceptors (Lipinski definition) is 3. The Balaban J connectivity index is 2.84. The molecule has 1 aromatic carbocycles. The number of aliphatic hydroxyl groups is 1. The maximum atomic E-state index is 9.00. The lowest BCUT2D eigenvalue weighted by atomic mass is 10.0. The van der Waals surface area contributed by atoms with Crippen molar-refractivity contribution in [2.45, 2.75) is 26.4 Å². The molecule has 0 bridgehead atoms. The molecule has 17 heavy (non-hydrogen) atoms. The first-order valence-corrected chi connectivity index (χ1v) is 6.07. The maximum Gasteiger partial charge on any atom is 0.142 e. The van der Waals surface area contributed by atoms with Crippen molar-refractivity contribution in [3.05, 3.63) is 23.2 Å². The minimum Gasteiger partial charge on any atom is -0.497 e. The van der Waals surface area contributed by atoms with Crippen molar-refractivity contribution in [1.29, 1.82) is 0 Å². The predicted octanol–water partition coefficient (Wildman–Crippen LogP) is 3.13. The minimum absolute atomic E-state index is 0.0513. The van der Waals surface area contributed by atoms with Gasteiger partial charge in [-0.2, -0.15) is 0 Å². The van der Waals surface area contributed by atoms with Crippen molar-refractivity contribution in [2.24, 2.45) is 5.92 Å². The van der Waals surface area contributed by atoms with Crippen molar-refractivity contribution in [2.75, 3.05) is 13.7 Å². The third kappa shape index (κ3) is 4.10. The van der Waals surface area contributed by atoms with Crippen LogP contribution in [0.5, 0.6) is 11.5 Å². The van der Waals surface area contributed by atoms with Crippen molar-refractivity contribution in [3.63, 3.8) is 0 Å². The van der Waals surface area contributed by atoms with E-state index in [-0.39, 0.29) is 12.7 Å². The third-order valence-corrected chi connectivity index (χ3v) is 2.89. The van der Waals surface area contributed by atoms with Gasteiger partial charge < -0.3 is 14.6 Å². The highest BCUT2D eigenvalue weighted by Crippen LogP contribution is 2.31. The summed E-state index contributed by atoms with van der Waals surface area (Å²) in [4.78, 5) is 0. The normalized spacial score (nSPS) is 12.6. The van der Waals surface area contributed by atoms with E-state index in [9.17, 15) is 0 Å². The van der Waals surface area contributed by atoms with Crippen molar-refractivity contribution >= 4 is 11.6 Å². The standard InChI is InChI=1S/C13H19ClO3/c1-9(2)12(6-7-15)17-13-8-10(16-3)4-5-11(13)14/h4-5,8-9,12,15H,6-7H2,1-3H3. The van der Waals surface area contributed by atoms with Gasteiger partial charge in [-0.05, 0) is 18.1 Å². The molecule has 0 spiro atoms. The highest BCUT2D eigenvalue weighted by molar-refractivity contribution is 6.32. The summed E-state index contributed by atoms with van der Waals surface area (Å²) < 4.78 is 10.9. The Hall–Kier alpha value is -0.930. The van der Waals surface area contributed by atoms with Crippen LogP contribution < -0.4 is 9.47 Å². The van der Waals surface area contributed by atoms with Crippen LogP contribution in [-0.2, 0) is 0 Å². The summed E-state index contributed by atoms with van der Waals surface area (Å²) in [5.41, 5.74) is 0. The summed E-state index contributed by atoms with van der Waals surface area (Å²) in [5, 5.41) is 9.55. The summed E-state index contributed by atoms with van der Waals surface area (Å²) in [6.45, 7) is 4.20. The molecule has 0 saturated carbocycles. The van der Waals surface area contributed by atoms with E-state index in [1.807, 2.05) is 0 Å². The fraction of sp³-hybridized carbons (Fsp3) is 0.538. The van der Waals surface area contributed by atoms with Crippen molar-refractivity contribution in [1.82, 2.24) is 0 Å². The van der Waals surface area contributed by atoms with Gasteiger partial charge in [0.25, 0.3) is 0 Å². The molecular formula is C13H19ClO3. The van der Waals surface area contributed by atoms with Gasteiger partial charge in [-0.3, -0.25) is 0 Å². The van der Waals surface area contributed by atoms with Gasteiger partial charge >= 0.3 is 0 Å². The largest absolute Gasteiger partial charge is 0.497 e. The van der Waals surface area contributed by atoms with Crippen LogP contribution in [0.4, 0.5) is 0 Å². The average Bonchev–Trinajstić information content (AvgIpc) is 2.31. The highest BCUT2D eigenvalue weighted by atomic mass is 35.5. The molecule has 0 heterocycles. The number of hydrogen-bond donors (Lipinski definition) is 1. The van der Waals surface area contributed by atoms with Crippen LogP contribution in [0.3, 0.4) is 0 Å². The Bertz CT molecular complexity index is 353. The Morgan fingerprint density at radius 3 is 2.59 bits per heavy atom. The predicted molar refractivity (Wildman–Crippen MR) is 69.0 cm³/mol. The Labute approximate surface area is 107 Å². The van der Waals surface area contributed by atoms with Crippen molar-refractivity contribution < 1.29 is 14.6 Å². The number of ether oxygens (including phenoxy) is 2. The molecule has 4 heteroatoms. The summed E-state index contributed by atoms with van der Waals surface area (Å²) >= 11 is 6.06. The summed E-state index contributed by atoms with van der Waals surface area (Å²) in [5.74, 6) is 1.61.